The van der Waals surface area contributed by atoms with Gasteiger partial charge < -0.3 is 20.7 Å². The maximum absolute atomic E-state index is 14.5. The fraction of sp³-hybridized carbons (Fsp3) is 0.261. The van der Waals surface area contributed by atoms with E-state index in [0.29, 0.717) is 5.82 Å². The number of methoxy groups -OCH3 is 1. The van der Waals surface area contributed by atoms with Gasteiger partial charge in [0.25, 0.3) is 11.5 Å². The Labute approximate surface area is 199 Å². The van der Waals surface area contributed by atoms with Gasteiger partial charge in [-0.25, -0.2) is 14.5 Å². The lowest BCUT2D eigenvalue weighted by Gasteiger charge is -2.35. The molecule has 5 rings (SSSR count). The molecule has 11 nitrogen and oxygen atoms in total. The Morgan fingerprint density at radius 3 is 2.77 bits per heavy atom. The van der Waals surface area contributed by atoms with Crippen molar-refractivity contribution in [3.63, 3.8) is 0 Å². The van der Waals surface area contributed by atoms with Gasteiger partial charge >= 0.3 is 0 Å². The zero-order chi connectivity index (χ0) is 24.5. The maximum atomic E-state index is 14.5. The molecule has 0 radical (unpaired) electrons. The monoisotopic (exact) mass is 478 g/mol. The summed E-state index contributed by atoms with van der Waals surface area (Å²) in [6.07, 6.45) is 4.62. The SMILES string of the molecule is CNc1cc(Nc2ccc(F)n(-c3ccccn3)c2=O)nc2c(C(=O)N[C@H]3CC[C@@H]3OC)cnn12. The molecule has 0 saturated heterocycles. The van der Waals surface area contributed by atoms with E-state index in [9.17, 15) is 14.0 Å². The molecule has 0 aliphatic heterocycles. The van der Waals surface area contributed by atoms with E-state index in [2.05, 4.69) is 31.0 Å². The predicted molar refractivity (Wildman–Crippen MR) is 127 cm³/mol. The fourth-order valence-electron chi connectivity index (χ4n) is 3.98. The number of carbonyl (C=O) groups excluding carboxylic acids is 1. The Morgan fingerprint density at radius 1 is 1.23 bits per heavy atom. The zero-order valence-electron chi connectivity index (χ0n) is 19.0. The minimum Gasteiger partial charge on any atom is -0.379 e. The van der Waals surface area contributed by atoms with Crippen LogP contribution < -0.4 is 21.5 Å². The van der Waals surface area contributed by atoms with Crippen LogP contribution in [0.5, 0.6) is 0 Å². The van der Waals surface area contributed by atoms with Gasteiger partial charge in [-0.2, -0.15) is 14.0 Å². The molecule has 3 N–H and O–H groups in total. The van der Waals surface area contributed by atoms with E-state index < -0.39 is 11.5 Å². The predicted octanol–water partition coefficient (Wildman–Crippen LogP) is 2.11. The highest BCUT2D eigenvalue weighted by Crippen LogP contribution is 2.25. The summed E-state index contributed by atoms with van der Waals surface area (Å²) < 4.78 is 22.2. The number of nitrogens with one attached hydrogen (secondary N) is 3. The van der Waals surface area contributed by atoms with Crippen molar-refractivity contribution in [2.75, 3.05) is 24.8 Å². The second-order valence-electron chi connectivity index (χ2n) is 8.02. The number of rotatable bonds is 7. The van der Waals surface area contributed by atoms with Crippen LogP contribution in [0, 0.1) is 5.95 Å². The zero-order valence-corrected chi connectivity index (χ0v) is 19.0. The van der Waals surface area contributed by atoms with E-state index in [-0.39, 0.29) is 46.6 Å². The van der Waals surface area contributed by atoms with Gasteiger partial charge in [-0.1, -0.05) is 6.07 Å². The highest BCUT2D eigenvalue weighted by atomic mass is 19.1. The third-order valence-corrected chi connectivity index (χ3v) is 5.98. The third-order valence-electron chi connectivity index (χ3n) is 5.98. The van der Waals surface area contributed by atoms with E-state index in [1.165, 1.54) is 35.1 Å². The summed E-state index contributed by atoms with van der Waals surface area (Å²) in [4.78, 5) is 34.6. The average Bonchev–Trinajstić information content (AvgIpc) is 3.28. The first-order chi connectivity index (χ1) is 17.0. The van der Waals surface area contributed by atoms with Crippen LogP contribution in [-0.4, -0.2) is 56.4 Å². The molecular formula is C23H23FN8O3. The van der Waals surface area contributed by atoms with Crippen molar-refractivity contribution in [3.8, 4) is 5.82 Å². The molecule has 12 heteroatoms. The molecule has 1 saturated carbocycles. The Hall–Kier alpha value is -4.32. The van der Waals surface area contributed by atoms with Gasteiger partial charge in [0.1, 0.15) is 28.7 Å². The van der Waals surface area contributed by atoms with Crippen molar-refractivity contribution in [2.45, 2.75) is 25.0 Å². The topological polar surface area (TPSA) is 127 Å². The van der Waals surface area contributed by atoms with Gasteiger partial charge in [0.05, 0.1) is 18.3 Å². The molecule has 0 unspecified atom stereocenters. The van der Waals surface area contributed by atoms with Gasteiger partial charge in [0, 0.05) is 26.4 Å². The number of ether oxygens (including phenoxy) is 1. The third kappa shape index (κ3) is 4.08. The number of aromatic nitrogens is 5. The Bertz CT molecular complexity index is 1450. The molecule has 4 aromatic rings. The van der Waals surface area contributed by atoms with Crippen LogP contribution >= 0.6 is 0 Å². The number of pyridine rings is 2. The molecule has 0 aromatic carbocycles. The minimum absolute atomic E-state index is 0.0152. The molecular weight excluding hydrogens is 455 g/mol. The van der Waals surface area contributed by atoms with E-state index in [0.717, 1.165) is 17.4 Å². The second-order valence-corrected chi connectivity index (χ2v) is 8.02. The number of hydrogen-bond acceptors (Lipinski definition) is 8. The molecule has 1 fully saturated rings. The van der Waals surface area contributed by atoms with Crippen LogP contribution in [0.15, 0.2) is 53.6 Å². The van der Waals surface area contributed by atoms with Gasteiger partial charge in [-0.3, -0.25) is 9.59 Å². The molecule has 1 amide bonds. The molecule has 35 heavy (non-hydrogen) atoms. The summed E-state index contributed by atoms with van der Waals surface area (Å²) in [7, 11) is 3.32. The Morgan fingerprint density at radius 2 is 2.09 bits per heavy atom. The molecule has 180 valence electrons. The largest absolute Gasteiger partial charge is 0.379 e. The van der Waals surface area contributed by atoms with E-state index in [1.54, 1.807) is 32.4 Å². The van der Waals surface area contributed by atoms with Gasteiger partial charge in [-0.05, 0) is 37.1 Å². The van der Waals surface area contributed by atoms with E-state index in [1.807, 2.05) is 0 Å². The van der Waals surface area contributed by atoms with Crippen molar-refractivity contribution in [1.82, 2.24) is 29.5 Å². The summed E-state index contributed by atoms with van der Waals surface area (Å²) >= 11 is 0. The van der Waals surface area contributed by atoms with Crippen molar-refractivity contribution in [1.29, 1.82) is 0 Å². The van der Waals surface area contributed by atoms with Gasteiger partial charge in [0.15, 0.2) is 5.65 Å². The molecule has 4 heterocycles. The maximum Gasteiger partial charge on any atom is 0.282 e. The summed E-state index contributed by atoms with van der Waals surface area (Å²) in [5, 5.41) is 13.2. The summed E-state index contributed by atoms with van der Waals surface area (Å²) in [6.45, 7) is 0. The van der Waals surface area contributed by atoms with Crippen LogP contribution in [0.4, 0.5) is 21.7 Å². The summed E-state index contributed by atoms with van der Waals surface area (Å²) in [5.41, 5.74) is 0.00605. The van der Waals surface area contributed by atoms with Crippen molar-refractivity contribution in [2.24, 2.45) is 0 Å². The summed E-state index contributed by atoms with van der Waals surface area (Å²) in [6, 6.07) is 8.91. The molecule has 1 aliphatic carbocycles. The van der Waals surface area contributed by atoms with E-state index >= 15 is 0 Å². The Balaban J connectivity index is 1.50. The summed E-state index contributed by atoms with van der Waals surface area (Å²) in [5.74, 6) is -0.122. The van der Waals surface area contributed by atoms with Gasteiger partial charge in [-0.15, -0.1) is 0 Å². The van der Waals surface area contributed by atoms with Crippen molar-refractivity contribution >= 4 is 28.9 Å². The highest BCUT2D eigenvalue weighted by molar-refractivity contribution is 6.00. The molecule has 0 spiro atoms. The van der Waals surface area contributed by atoms with Crippen LogP contribution in [-0.2, 0) is 4.74 Å². The fourth-order valence-corrected chi connectivity index (χ4v) is 3.98. The highest BCUT2D eigenvalue weighted by Gasteiger charge is 2.33. The lowest BCUT2D eigenvalue weighted by Crippen LogP contribution is -2.51. The Kier molecular flexibility index (Phi) is 5.87. The lowest BCUT2D eigenvalue weighted by atomic mass is 9.89. The number of amides is 1. The number of carbonyl (C=O) groups is 1. The molecule has 1 aliphatic rings. The molecule has 0 bridgehead atoms. The number of anilines is 3. The first-order valence-corrected chi connectivity index (χ1v) is 11.0. The van der Waals surface area contributed by atoms with E-state index in [4.69, 9.17) is 4.74 Å². The molecule has 4 aromatic heterocycles. The first-order valence-electron chi connectivity index (χ1n) is 11.0. The first kappa shape index (κ1) is 22.5. The van der Waals surface area contributed by atoms with Crippen molar-refractivity contribution in [3.05, 3.63) is 70.7 Å². The number of halogens is 1. The lowest BCUT2D eigenvalue weighted by molar-refractivity contribution is 0.00732. The molecule has 2 atom stereocenters. The normalized spacial score (nSPS) is 17.1. The smallest absolute Gasteiger partial charge is 0.282 e. The van der Waals surface area contributed by atoms with Crippen LogP contribution in [0.3, 0.4) is 0 Å². The standard InChI is InChI=1S/C23H23FN8O3/c1-25-20-11-18(28-15-7-9-17(24)31(23(15)34)19-5-3-4-10-26-19)30-21-13(12-27-32(20)21)22(33)29-14-6-8-16(14)35-2/h3-5,7,9-12,14,16,25H,6,8H2,1-2H3,(H,28,30)(H,29,33)/t14-,16-/m0/s1. The van der Waals surface area contributed by atoms with Crippen LogP contribution in [0.2, 0.25) is 0 Å². The van der Waals surface area contributed by atoms with Gasteiger partial charge in [0.2, 0.25) is 5.95 Å². The van der Waals surface area contributed by atoms with Crippen molar-refractivity contribution < 1.29 is 13.9 Å². The number of fused-ring (bicyclic) bond motifs is 1. The minimum atomic E-state index is -0.751. The van der Waals surface area contributed by atoms with Crippen LogP contribution in [0.25, 0.3) is 11.5 Å². The second kappa shape index (κ2) is 9.14. The number of nitrogens with zero attached hydrogens (tertiary/aromatic N) is 5. The average molecular weight is 478 g/mol. The van der Waals surface area contributed by atoms with Crippen LogP contribution in [0.1, 0.15) is 23.2 Å². The number of hydrogen-bond donors (Lipinski definition) is 3. The quantitative estimate of drug-likeness (QED) is 0.345.